The number of carbonyl (C=O) groups is 2. The van der Waals surface area contributed by atoms with Crippen LogP contribution in [0.4, 0.5) is 17.1 Å². The largest absolute Gasteiger partial charge is 0.379 e. The van der Waals surface area contributed by atoms with Gasteiger partial charge < -0.3 is 4.18 Å². The molecule has 2 saturated heterocycles. The second kappa shape index (κ2) is 10.6. The maximum absolute atomic E-state index is 13.8. The number of amides is 2. The van der Waals surface area contributed by atoms with E-state index in [2.05, 4.69) is 0 Å². The van der Waals surface area contributed by atoms with Crippen LogP contribution >= 0.6 is 11.6 Å². The van der Waals surface area contributed by atoms with Crippen molar-refractivity contribution in [2.24, 2.45) is 5.92 Å². The number of carbonyl (C=O) groups excluding carboxylic acids is 2. The van der Waals surface area contributed by atoms with Crippen molar-refractivity contribution in [3.05, 3.63) is 124 Å². The molecule has 42 heavy (non-hydrogen) atoms. The van der Waals surface area contributed by atoms with Gasteiger partial charge in [-0.25, -0.2) is 9.96 Å². The Balaban J connectivity index is 1.37. The molecule has 2 aliphatic rings. The van der Waals surface area contributed by atoms with Crippen molar-refractivity contribution in [3.8, 4) is 5.75 Å². The summed E-state index contributed by atoms with van der Waals surface area (Å²) in [4.78, 5) is 45.2. The van der Waals surface area contributed by atoms with Crippen molar-refractivity contribution in [2.45, 2.75) is 17.0 Å². The Morgan fingerprint density at radius 1 is 0.833 bits per heavy atom. The topological polar surface area (TPSA) is 136 Å². The monoisotopic (exact) mass is 605 g/mol. The first-order chi connectivity index (χ1) is 20.1. The number of rotatable bonds is 7. The van der Waals surface area contributed by atoms with E-state index >= 15 is 0 Å². The van der Waals surface area contributed by atoms with E-state index in [0.29, 0.717) is 16.3 Å². The SMILES string of the molecule is O=C1[C@H]2[C@@H](ON(c3cccc([N+](=O)[O-])c3)[C@H]2c2ccc(OS(=O)(=O)c3ccccc3)cc2)C(=O)N1c1ccc(Cl)cc1. The molecule has 0 unspecified atom stereocenters. The molecule has 2 aliphatic heterocycles. The zero-order chi connectivity index (χ0) is 29.6. The fraction of sp³-hybridized carbons (Fsp3) is 0.103. The van der Waals surface area contributed by atoms with Gasteiger partial charge >= 0.3 is 10.1 Å². The number of nitro groups is 1. The highest BCUT2D eigenvalue weighted by atomic mass is 35.5. The lowest BCUT2D eigenvalue weighted by molar-refractivity contribution is -0.384. The quantitative estimate of drug-likeness (QED) is 0.122. The standard InChI is InChI=1S/C29H20ClN3O8S/c30-19-11-13-20(14-12-19)31-28(34)25-26(32(40-27(25)29(31)35)21-5-4-6-22(17-21)33(36)37)18-9-15-23(16-10-18)41-42(38,39)24-7-2-1-3-8-24/h1-17,25-27H/t25-,26+,27-/m1/s1. The number of halogens is 1. The number of hydrogen-bond acceptors (Lipinski definition) is 9. The van der Waals surface area contributed by atoms with Crippen LogP contribution in [-0.4, -0.2) is 31.3 Å². The van der Waals surface area contributed by atoms with E-state index in [4.69, 9.17) is 20.6 Å². The van der Waals surface area contributed by atoms with E-state index < -0.39 is 44.9 Å². The van der Waals surface area contributed by atoms with Gasteiger partial charge in [-0.1, -0.05) is 48.0 Å². The van der Waals surface area contributed by atoms with Crippen LogP contribution in [0.15, 0.2) is 108 Å². The van der Waals surface area contributed by atoms with Gasteiger partial charge in [0.1, 0.15) is 16.6 Å². The summed E-state index contributed by atoms with van der Waals surface area (Å²) in [5.74, 6) is -2.12. The zero-order valence-electron chi connectivity index (χ0n) is 21.4. The lowest BCUT2D eigenvalue weighted by atomic mass is 9.90. The number of nitrogens with zero attached hydrogens (tertiary/aromatic N) is 3. The van der Waals surface area contributed by atoms with Gasteiger partial charge in [0.2, 0.25) is 5.91 Å². The highest BCUT2D eigenvalue weighted by Gasteiger charge is 2.60. The molecular weight excluding hydrogens is 586 g/mol. The van der Waals surface area contributed by atoms with Crippen LogP contribution in [0.25, 0.3) is 0 Å². The molecular formula is C29H20ClN3O8S. The second-order valence-corrected chi connectivity index (χ2v) is 11.5. The summed E-state index contributed by atoms with van der Waals surface area (Å²) in [6.07, 6.45) is -1.22. The van der Waals surface area contributed by atoms with Crippen LogP contribution in [0.1, 0.15) is 11.6 Å². The first-order valence-electron chi connectivity index (χ1n) is 12.6. The minimum Gasteiger partial charge on any atom is -0.379 e. The van der Waals surface area contributed by atoms with Crippen molar-refractivity contribution >= 4 is 50.6 Å². The lowest BCUT2D eigenvalue weighted by Gasteiger charge is -2.28. The maximum atomic E-state index is 13.8. The predicted octanol–water partition coefficient (Wildman–Crippen LogP) is 5.07. The summed E-state index contributed by atoms with van der Waals surface area (Å²) in [6, 6.07) is 24.5. The molecule has 0 spiro atoms. The summed E-state index contributed by atoms with van der Waals surface area (Å²) in [5.41, 5.74) is 0.858. The van der Waals surface area contributed by atoms with Crippen LogP contribution in [-0.2, 0) is 24.5 Å². The third-order valence-corrected chi connectivity index (χ3v) is 8.47. The van der Waals surface area contributed by atoms with Gasteiger partial charge in [0, 0.05) is 17.2 Å². The van der Waals surface area contributed by atoms with Gasteiger partial charge in [-0.3, -0.25) is 24.5 Å². The van der Waals surface area contributed by atoms with E-state index in [-0.39, 0.29) is 22.0 Å². The highest BCUT2D eigenvalue weighted by molar-refractivity contribution is 7.87. The van der Waals surface area contributed by atoms with Gasteiger partial charge in [0.25, 0.3) is 11.6 Å². The summed E-state index contributed by atoms with van der Waals surface area (Å²) in [5, 5.41) is 13.2. The fourth-order valence-electron chi connectivity index (χ4n) is 5.05. The number of imide groups is 1. The molecule has 4 aromatic rings. The molecule has 6 rings (SSSR count). The average Bonchev–Trinajstić information content (AvgIpc) is 3.50. The van der Waals surface area contributed by atoms with Gasteiger partial charge in [-0.05, 0) is 60.2 Å². The molecule has 212 valence electrons. The molecule has 11 nitrogen and oxygen atoms in total. The van der Waals surface area contributed by atoms with Crippen molar-refractivity contribution in [1.82, 2.24) is 0 Å². The molecule has 0 aliphatic carbocycles. The normalized spacial score (nSPS) is 20.1. The number of hydrogen-bond donors (Lipinski definition) is 0. The number of benzene rings is 4. The van der Waals surface area contributed by atoms with E-state index in [9.17, 15) is 28.1 Å². The lowest BCUT2D eigenvalue weighted by Crippen LogP contribution is -2.37. The summed E-state index contributed by atoms with van der Waals surface area (Å²) in [7, 11) is -4.10. The fourth-order valence-corrected chi connectivity index (χ4v) is 6.13. The van der Waals surface area contributed by atoms with Crippen LogP contribution < -0.4 is 14.1 Å². The Kier molecular flexibility index (Phi) is 6.89. The molecule has 2 fully saturated rings. The van der Waals surface area contributed by atoms with Gasteiger partial charge in [-0.2, -0.15) is 8.42 Å². The Bertz CT molecular complexity index is 1800. The Morgan fingerprint density at radius 3 is 2.19 bits per heavy atom. The van der Waals surface area contributed by atoms with E-state index in [1.165, 1.54) is 47.5 Å². The molecule has 4 aromatic carbocycles. The van der Waals surface area contributed by atoms with Crippen LogP contribution in [0.5, 0.6) is 5.75 Å². The summed E-state index contributed by atoms with van der Waals surface area (Å²) in [6.45, 7) is 0. The number of fused-ring (bicyclic) bond motifs is 1. The Hall–Kier alpha value is -4.78. The third-order valence-electron chi connectivity index (χ3n) is 6.95. The van der Waals surface area contributed by atoms with Gasteiger partial charge in [0.15, 0.2) is 6.10 Å². The van der Waals surface area contributed by atoms with Gasteiger partial charge in [0.05, 0.1) is 22.3 Å². The maximum Gasteiger partial charge on any atom is 0.339 e. The first-order valence-corrected chi connectivity index (χ1v) is 14.4. The molecule has 2 heterocycles. The number of hydroxylamine groups is 1. The molecule has 0 N–H and O–H groups in total. The number of non-ortho nitro benzene ring substituents is 1. The van der Waals surface area contributed by atoms with E-state index in [1.807, 2.05) is 0 Å². The third kappa shape index (κ3) is 4.85. The van der Waals surface area contributed by atoms with E-state index in [1.54, 1.807) is 60.7 Å². The average molecular weight is 606 g/mol. The van der Waals surface area contributed by atoms with Crippen LogP contribution in [0.2, 0.25) is 5.02 Å². The summed E-state index contributed by atoms with van der Waals surface area (Å²) >= 11 is 5.98. The van der Waals surface area contributed by atoms with E-state index in [0.717, 1.165) is 4.90 Å². The minimum atomic E-state index is -4.10. The van der Waals surface area contributed by atoms with Crippen molar-refractivity contribution in [1.29, 1.82) is 0 Å². The summed E-state index contributed by atoms with van der Waals surface area (Å²) < 4.78 is 30.7. The molecule has 0 radical (unpaired) electrons. The molecule has 0 saturated carbocycles. The first kappa shape index (κ1) is 27.4. The van der Waals surface area contributed by atoms with Crippen molar-refractivity contribution in [3.63, 3.8) is 0 Å². The second-order valence-electron chi connectivity index (χ2n) is 9.51. The Labute approximate surface area is 244 Å². The number of nitro benzene ring substituents is 1. The van der Waals surface area contributed by atoms with Crippen molar-refractivity contribution in [2.75, 3.05) is 9.96 Å². The molecule has 2 amide bonds. The minimum absolute atomic E-state index is 0.0182. The zero-order valence-corrected chi connectivity index (χ0v) is 23.0. The molecule has 3 atom stereocenters. The smallest absolute Gasteiger partial charge is 0.339 e. The Morgan fingerprint density at radius 2 is 1.52 bits per heavy atom. The number of anilines is 2. The van der Waals surface area contributed by atoms with Gasteiger partial charge in [-0.15, -0.1) is 0 Å². The highest BCUT2D eigenvalue weighted by Crippen LogP contribution is 2.48. The molecule has 0 bridgehead atoms. The van der Waals surface area contributed by atoms with Crippen LogP contribution in [0.3, 0.4) is 0 Å². The van der Waals surface area contributed by atoms with Crippen molar-refractivity contribution < 1.29 is 32.0 Å². The van der Waals surface area contributed by atoms with Crippen LogP contribution in [0, 0.1) is 16.0 Å². The molecule has 0 aromatic heterocycles. The predicted molar refractivity (Wildman–Crippen MR) is 151 cm³/mol. The molecule has 13 heteroatoms.